The van der Waals surface area contributed by atoms with Crippen LogP contribution in [0.15, 0.2) is 29.2 Å². The smallest absolute Gasteiger partial charge is 0.251 e. The Hall–Kier alpha value is -1.44. The number of carbonyl (C=O) groups is 1. The van der Waals surface area contributed by atoms with Gasteiger partial charge in [0, 0.05) is 24.7 Å². The quantitative estimate of drug-likeness (QED) is 0.881. The number of amides is 1. The van der Waals surface area contributed by atoms with Gasteiger partial charge in [-0.05, 0) is 49.3 Å². The number of nitrogens with zero attached hydrogens (tertiary/aromatic N) is 1. The molecule has 1 amide bonds. The molecule has 1 aromatic rings. The van der Waals surface area contributed by atoms with E-state index in [2.05, 4.69) is 5.32 Å². The molecule has 3 fully saturated rings. The molecule has 6 nitrogen and oxygen atoms in total. The lowest BCUT2D eigenvalue weighted by atomic mass is 9.95. The largest absolute Gasteiger partial charge is 0.379 e. The zero-order chi connectivity index (χ0) is 17.4. The molecule has 2 aliphatic carbocycles. The molecule has 0 radical (unpaired) electrons. The zero-order valence-corrected chi connectivity index (χ0v) is 15.0. The molecule has 1 aromatic carbocycles. The Kier molecular flexibility index (Phi) is 4.56. The Labute approximate surface area is 148 Å². The Balaban J connectivity index is 1.49. The van der Waals surface area contributed by atoms with Crippen molar-refractivity contribution in [3.05, 3.63) is 29.8 Å². The van der Waals surface area contributed by atoms with Crippen LogP contribution in [0.1, 0.15) is 36.0 Å². The molecule has 4 rings (SSSR count). The van der Waals surface area contributed by atoms with Crippen molar-refractivity contribution in [2.75, 3.05) is 26.3 Å². The van der Waals surface area contributed by atoms with Crippen molar-refractivity contribution in [1.29, 1.82) is 0 Å². The first-order valence-electron chi connectivity index (χ1n) is 9.03. The standard InChI is InChI=1S/C18H24N2O4S/c21-18(19-17-11-13-4-5-14(17)10-13)15-2-1-3-16(12-15)25(22,23)20-6-8-24-9-7-20/h1-3,12-14,17H,4-11H2,(H,19,21)/t13-,14+,17-/m0/s1. The van der Waals surface area contributed by atoms with E-state index in [0.29, 0.717) is 37.8 Å². The normalized spacial score (nSPS) is 29.7. The van der Waals surface area contributed by atoms with Crippen molar-refractivity contribution >= 4 is 15.9 Å². The lowest BCUT2D eigenvalue weighted by molar-refractivity contribution is 0.0730. The van der Waals surface area contributed by atoms with Crippen LogP contribution in [0.25, 0.3) is 0 Å². The van der Waals surface area contributed by atoms with E-state index in [1.165, 1.54) is 29.6 Å². The molecule has 0 aromatic heterocycles. The number of morpholine rings is 1. The molecule has 1 saturated heterocycles. The highest BCUT2D eigenvalue weighted by molar-refractivity contribution is 7.89. The topological polar surface area (TPSA) is 75.7 Å². The van der Waals surface area contributed by atoms with E-state index in [-0.39, 0.29) is 16.8 Å². The van der Waals surface area contributed by atoms with Crippen molar-refractivity contribution in [2.24, 2.45) is 11.8 Å². The van der Waals surface area contributed by atoms with E-state index < -0.39 is 10.0 Å². The minimum atomic E-state index is -3.58. The summed E-state index contributed by atoms with van der Waals surface area (Å²) in [6.45, 7) is 1.51. The van der Waals surface area contributed by atoms with Gasteiger partial charge in [-0.25, -0.2) is 8.42 Å². The van der Waals surface area contributed by atoms with Crippen molar-refractivity contribution in [3.8, 4) is 0 Å². The Morgan fingerprint density at radius 1 is 1.16 bits per heavy atom. The van der Waals surface area contributed by atoms with E-state index in [0.717, 1.165) is 12.3 Å². The summed E-state index contributed by atoms with van der Waals surface area (Å²) in [5, 5.41) is 3.12. The summed E-state index contributed by atoms with van der Waals surface area (Å²) in [6, 6.07) is 6.61. The van der Waals surface area contributed by atoms with Gasteiger partial charge in [0.2, 0.25) is 10.0 Å². The molecule has 136 valence electrons. The molecule has 25 heavy (non-hydrogen) atoms. The predicted molar refractivity (Wildman–Crippen MR) is 92.7 cm³/mol. The number of fused-ring (bicyclic) bond motifs is 2. The molecule has 2 saturated carbocycles. The Morgan fingerprint density at radius 2 is 1.96 bits per heavy atom. The van der Waals surface area contributed by atoms with Gasteiger partial charge in [-0.2, -0.15) is 4.31 Å². The lowest BCUT2D eigenvalue weighted by Gasteiger charge is -2.26. The van der Waals surface area contributed by atoms with Crippen LogP contribution in [0.5, 0.6) is 0 Å². The molecule has 1 heterocycles. The van der Waals surface area contributed by atoms with Gasteiger partial charge in [0.15, 0.2) is 0 Å². The molecular formula is C18H24N2O4S. The third-order valence-electron chi connectivity index (χ3n) is 5.76. The van der Waals surface area contributed by atoms with Gasteiger partial charge in [-0.1, -0.05) is 12.5 Å². The third-order valence-corrected chi connectivity index (χ3v) is 7.65. The van der Waals surface area contributed by atoms with Gasteiger partial charge in [-0.3, -0.25) is 4.79 Å². The second-order valence-electron chi connectivity index (χ2n) is 7.30. The highest BCUT2D eigenvalue weighted by atomic mass is 32.2. The van der Waals surface area contributed by atoms with E-state index >= 15 is 0 Å². The van der Waals surface area contributed by atoms with Crippen LogP contribution in [0.4, 0.5) is 0 Å². The summed E-state index contributed by atoms with van der Waals surface area (Å²) in [7, 11) is -3.58. The molecule has 7 heteroatoms. The number of benzene rings is 1. The third kappa shape index (κ3) is 3.32. The first kappa shape index (κ1) is 17.0. The van der Waals surface area contributed by atoms with Crippen molar-refractivity contribution in [1.82, 2.24) is 9.62 Å². The number of rotatable bonds is 4. The predicted octanol–water partition coefficient (Wildman–Crippen LogP) is 1.63. The molecule has 3 aliphatic rings. The van der Waals surface area contributed by atoms with Crippen LogP contribution < -0.4 is 5.32 Å². The van der Waals surface area contributed by atoms with Crippen molar-refractivity contribution in [3.63, 3.8) is 0 Å². The fourth-order valence-electron chi connectivity index (χ4n) is 4.41. The average Bonchev–Trinajstić information content (AvgIpc) is 3.25. The maximum absolute atomic E-state index is 12.7. The highest BCUT2D eigenvalue weighted by Gasteiger charge is 2.40. The van der Waals surface area contributed by atoms with Crippen molar-refractivity contribution in [2.45, 2.75) is 36.6 Å². The number of hydrogen-bond acceptors (Lipinski definition) is 4. The maximum atomic E-state index is 12.7. The minimum absolute atomic E-state index is 0.170. The van der Waals surface area contributed by atoms with Gasteiger partial charge in [0.05, 0.1) is 18.1 Å². The second kappa shape index (κ2) is 6.70. The number of nitrogens with one attached hydrogen (secondary N) is 1. The fraction of sp³-hybridized carbons (Fsp3) is 0.611. The van der Waals surface area contributed by atoms with Gasteiger partial charge in [0.25, 0.3) is 5.91 Å². The Bertz CT molecular complexity index is 758. The van der Waals surface area contributed by atoms with Crippen LogP contribution in [0.2, 0.25) is 0 Å². The van der Waals surface area contributed by atoms with Crippen LogP contribution in [0.3, 0.4) is 0 Å². The molecule has 0 unspecified atom stereocenters. The van der Waals surface area contributed by atoms with Gasteiger partial charge >= 0.3 is 0 Å². The summed E-state index contributed by atoms with van der Waals surface area (Å²) >= 11 is 0. The molecule has 3 atom stereocenters. The maximum Gasteiger partial charge on any atom is 0.251 e. The van der Waals surface area contributed by atoms with Crippen LogP contribution in [-0.4, -0.2) is 51.0 Å². The van der Waals surface area contributed by atoms with E-state index in [9.17, 15) is 13.2 Å². The van der Waals surface area contributed by atoms with Crippen molar-refractivity contribution < 1.29 is 17.9 Å². The number of sulfonamides is 1. The van der Waals surface area contributed by atoms with Crippen LogP contribution in [0, 0.1) is 11.8 Å². The first-order chi connectivity index (χ1) is 12.0. The summed E-state index contributed by atoms with van der Waals surface area (Å²) in [6.07, 6.45) is 4.75. The summed E-state index contributed by atoms with van der Waals surface area (Å²) in [5.41, 5.74) is 0.414. The van der Waals surface area contributed by atoms with E-state index in [4.69, 9.17) is 4.74 Å². The molecular weight excluding hydrogens is 340 g/mol. The SMILES string of the molecule is O=C(N[C@H]1C[C@H]2CC[C@@H]1C2)c1cccc(S(=O)(=O)N2CCOCC2)c1. The van der Waals surface area contributed by atoms with Crippen LogP contribution >= 0.6 is 0 Å². The number of hydrogen-bond donors (Lipinski definition) is 1. The molecule has 1 N–H and O–H groups in total. The van der Waals surface area contributed by atoms with Crippen LogP contribution in [-0.2, 0) is 14.8 Å². The molecule has 0 spiro atoms. The first-order valence-corrected chi connectivity index (χ1v) is 10.5. The van der Waals surface area contributed by atoms with Gasteiger partial charge in [0.1, 0.15) is 0 Å². The minimum Gasteiger partial charge on any atom is -0.379 e. The summed E-state index contributed by atoms with van der Waals surface area (Å²) in [5.74, 6) is 1.18. The lowest BCUT2D eigenvalue weighted by Crippen LogP contribution is -2.41. The summed E-state index contributed by atoms with van der Waals surface area (Å²) < 4.78 is 32.1. The Morgan fingerprint density at radius 3 is 2.64 bits per heavy atom. The van der Waals surface area contributed by atoms with E-state index in [1.807, 2.05) is 0 Å². The zero-order valence-electron chi connectivity index (χ0n) is 14.2. The monoisotopic (exact) mass is 364 g/mol. The average molecular weight is 364 g/mol. The number of ether oxygens (including phenoxy) is 1. The molecule has 1 aliphatic heterocycles. The fourth-order valence-corrected chi connectivity index (χ4v) is 5.86. The molecule has 2 bridgehead atoms. The van der Waals surface area contributed by atoms with Gasteiger partial charge < -0.3 is 10.1 Å². The van der Waals surface area contributed by atoms with Gasteiger partial charge in [-0.15, -0.1) is 0 Å². The highest BCUT2D eigenvalue weighted by Crippen LogP contribution is 2.44. The number of carbonyl (C=O) groups excluding carboxylic acids is 1. The van der Waals surface area contributed by atoms with E-state index in [1.54, 1.807) is 18.2 Å². The second-order valence-corrected chi connectivity index (χ2v) is 9.24. The summed E-state index contributed by atoms with van der Waals surface area (Å²) in [4.78, 5) is 12.8.